The van der Waals surface area contributed by atoms with Gasteiger partial charge in [0.15, 0.2) is 5.13 Å². The minimum Gasteiger partial charge on any atom is -0.392 e. The lowest BCUT2D eigenvalue weighted by Gasteiger charge is -2.08. The molecule has 1 fully saturated rings. The molecule has 1 aliphatic rings. The highest BCUT2D eigenvalue weighted by atomic mass is 32.1. The van der Waals surface area contributed by atoms with Crippen LogP contribution in [0.25, 0.3) is 0 Å². The molecule has 23 heavy (non-hydrogen) atoms. The zero-order valence-electron chi connectivity index (χ0n) is 13.3. The molecule has 0 bridgehead atoms. The van der Waals surface area contributed by atoms with Gasteiger partial charge in [0.2, 0.25) is 5.91 Å². The summed E-state index contributed by atoms with van der Waals surface area (Å²) in [6.07, 6.45) is 0.827. The van der Waals surface area contributed by atoms with Gasteiger partial charge in [-0.25, -0.2) is 4.98 Å². The van der Waals surface area contributed by atoms with Crippen molar-refractivity contribution in [2.45, 2.75) is 38.8 Å². The van der Waals surface area contributed by atoms with Crippen LogP contribution in [-0.2, 0) is 11.2 Å². The van der Waals surface area contributed by atoms with Crippen molar-refractivity contribution >= 4 is 22.4 Å². The van der Waals surface area contributed by atoms with Crippen molar-refractivity contribution in [3.8, 4) is 0 Å². The molecular formula is C17H21N3O2S. The standard InChI is InChI=1S/C17H21N3O2S/c1-10-3-5-12(6-4-10)7-15-11(2)19-17(23-15)20-16(22)14-8-13(21)9-18-14/h3-6,13-14,18,21H,7-9H2,1-2H3,(H,19,20,22)/t13-,14+/m0/s1. The molecule has 6 heteroatoms. The van der Waals surface area contributed by atoms with Gasteiger partial charge in [-0.05, 0) is 25.8 Å². The predicted molar refractivity (Wildman–Crippen MR) is 91.9 cm³/mol. The number of anilines is 1. The van der Waals surface area contributed by atoms with E-state index in [4.69, 9.17) is 0 Å². The van der Waals surface area contributed by atoms with E-state index in [-0.39, 0.29) is 11.9 Å². The molecule has 0 saturated carbocycles. The lowest BCUT2D eigenvalue weighted by molar-refractivity contribution is -0.117. The number of amides is 1. The molecule has 2 heterocycles. The Morgan fingerprint density at radius 2 is 2.13 bits per heavy atom. The fourth-order valence-corrected chi connectivity index (χ4v) is 3.65. The number of carbonyl (C=O) groups excluding carboxylic acids is 1. The second-order valence-corrected chi connectivity index (χ2v) is 7.11. The van der Waals surface area contributed by atoms with E-state index in [1.807, 2.05) is 6.92 Å². The molecule has 3 rings (SSSR count). The quantitative estimate of drug-likeness (QED) is 0.801. The predicted octanol–water partition coefficient (Wildman–Crippen LogP) is 2.01. The summed E-state index contributed by atoms with van der Waals surface area (Å²) < 4.78 is 0. The van der Waals surface area contributed by atoms with E-state index in [0.29, 0.717) is 18.1 Å². The summed E-state index contributed by atoms with van der Waals surface area (Å²) >= 11 is 1.51. The molecule has 1 saturated heterocycles. The largest absolute Gasteiger partial charge is 0.392 e. The molecule has 1 aliphatic heterocycles. The summed E-state index contributed by atoms with van der Waals surface area (Å²) in [7, 11) is 0. The Morgan fingerprint density at radius 3 is 2.78 bits per heavy atom. The van der Waals surface area contributed by atoms with Crippen LogP contribution in [0.4, 0.5) is 5.13 Å². The molecule has 122 valence electrons. The molecule has 1 amide bonds. The van der Waals surface area contributed by atoms with Gasteiger partial charge in [0.25, 0.3) is 0 Å². The van der Waals surface area contributed by atoms with Crippen LogP contribution in [0, 0.1) is 13.8 Å². The highest BCUT2D eigenvalue weighted by Crippen LogP contribution is 2.25. The van der Waals surface area contributed by atoms with Crippen molar-refractivity contribution < 1.29 is 9.90 Å². The van der Waals surface area contributed by atoms with Crippen molar-refractivity contribution in [1.29, 1.82) is 0 Å². The molecule has 1 aromatic heterocycles. The monoisotopic (exact) mass is 331 g/mol. The molecular weight excluding hydrogens is 310 g/mol. The molecule has 2 aromatic rings. The molecule has 1 aromatic carbocycles. The SMILES string of the molecule is Cc1ccc(Cc2sc(NC(=O)[C@H]3C[C@H](O)CN3)nc2C)cc1. The Balaban J connectivity index is 1.66. The summed E-state index contributed by atoms with van der Waals surface area (Å²) in [5.41, 5.74) is 3.43. The third kappa shape index (κ3) is 3.96. The summed E-state index contributed by atoms with van der Waals surface area (Å²) in [6, 6.07) is 8.11. The maximum atomic E-state index is 12.2. The molecule has 5 nitrogen and oxygen atoms in total. The van der Waals surface area contributed by atoms with Gasteiger partial charge < -0.3 is 15.7 Å². The first-order chi connectivity index (χ1) is 11.0. The lowest BCUT2D eigenvalue weighted by Crippen LogP contribution is -2.35. The summed E-state index contributed by atoms with van der Waals surface area (Å²) in [6.45, 7) is 4.50. The maximum Gasteiger partial charge on any atom is 0.243 e. The van der Waals surface area contributed by atoms with Gasteiger partial charge in [-0.1, -0.05) is 29.8 Å². The number of nitrogens with one attached hydrogen (secondary N) is 2. The number of carbonyl (C=O) groups is 1. The Morgan fingerprint density at radius 1 is 1.39 bits per heavy atom. The second-order valence-electron chi connectivity index (χ2n) is 6.03. The molecule has 0 unspecified atom stereocenters. The van der Waals surface area contributed by atoms with Crippen LogP contribution in [0.2, 0.25) is 0 Å². The Bertz CT molecular complexity index is 696. The van der Waals surface area contributed by atoms with Gasteiger partial charge in [-0.3, -0.25) is 4.79 Å². The van der Waals surface area contributed by atoms with E-state index in [0.717, 1.165) is 17.0 Å². The van der Waals surface area contributed by atoms with Gasteiger partial charge in [-0.15, -0.1) is 11.3 Å². The number of aromatic nitrogens is 1. The molecule has 0 aliphatic carbocycles. The fourth-order valence-electron chi connectivity index (χ4n) is 2.65. The highest BCUT2D eigenvalue weighted by Gasteiger charge is 2.28. The van der Waals surface area contributed by atoms with E-state index in [1.54, 1.807) is 0 Å². The second kappa shape index (κ2) is 6.78. The fraction of sp³-hybridized carbons (Fsp3) is 0.412. The number of aliphatic hydroxyl groups excluding tert-OH is 1. The maximum absolute atomic E-state index is 12.2. The van der Waals surface area contributed by atoms with Crippen molar-refractivity contribution in [2.75, 3.05) is 11.9 Å². The van der Waals surface area contributed by atoms with Gasteiger partial charge in [0.1, 0.15) is 0 Å². The van der Waals surface area contributed by atoms with Crippen LogP contribution >= 0.6 is 11.3 Å². The average Bonchev–Trinajstić information content (AvgIpc) is 3.08. The van der Waals surface area contributed by atoms with Crippen LogP contribution in [-0.4, -0.2) is 34.7 Å². The summed E-state index contributed by atoms with van der Waals surface area (Å²) in [5, 5.41) is 16.0. The van der Waals surface area contributed by atoms with Crippen LogP contribution in [0.1, 0.15) is 28.1 Å². The first kappa shape index (κ1) is 16.1. The van der Waals surface area contributed by atoms with Gasteiger partial charge >= 0.3 is 0 Å². The number of hydrogen-bond acceptors (Lipinski definition) is 5. The third-order valence-corrected chi connectivity index (χ3v) is 5.11. The van der Waals surface area contributed by atoms with Gasteiger partial charge in [-0.2, -0.15) is 0 Å². The summed E-state index contributed by atoms with van der Waals surface area (Å²) in [4.78, 5) is 17.8. The number of thiazole rings is 1. The van der Waals surface area contributed by atoms with E-state index in [1.165, 1.54) is 22.5 Å². The van der Waals surface area contributed by atoms with E-state index >= 15 is 0 Å². The number of aliphatic hydroxyl groups is 1. The minimum atomic E-state index is -0.444. The first-order valence-corrected chi connectivity index (χ1v) is 8.57. The first-order valence-electron chi connectivity index (χ1n) is 7.75. The molecule has 0 spiro atoms. The third-order valence-electron chi connectivity index (χ3n) is 4.03. The van der Waals surface area contributed by atoms with Crippen molar-refractivity contribution in [3.05, 3.63) is 46.0 Å². The van der Waals surface area contributed by atoms with Crippen LogP contribution < -0.4 is 10.6 Å². The van der Waals surface area contributed by atoms with Crippen LogP contribution in [0.3, 0.4) is 0 Å². The number of benzene rings is 1. The van der Waals surface area contributed by atoms with E-state index < -0.39 is 6.10 Å². The average molecular weight is 331 g/mol. The van der Waals surface area contributed by atoms with Gasteiger partial charge in [0, 0.05) is 17.8 Å². The summed E-state index contributed by atoms with van der Waals surface area (Å²) in [5.74, 6) is -0.128. The molecule has 2 atom stereocenters. The number of hydrogen-bond donors (Lipinski definition) is 3. The Kier molecular flexibility index (Phi) is 4.75. The van der Waals surface area contributed by atoms with E-state index in [9.17, 15) is 9.90 Å². The number of rotatable bonds is 4. The lowest BCUT2D eigenvalue weighted by atomic mass is 10.1. The number of aryl methyl sites for hydroxylation is 2. The minimum absolute atomic E-state index is 0.128. The zero-order chi connectivity index (χ0) is 16.4. The van der Waals surface area contributed by atoms with Gasteiger partial charge in [0.05, 0.1) is 17.8 Å². The van der Waals surface area contributed by atoms with Crippen molar-refractivity contribution in [2.24, 2.45) is 0 Å². The van der Waals surface area contributed by atoms with Crippen LogP contribution in [0.5, 0.6) is 0 Å². The highest BCUT2D eigenvalue weighted by molar-refractivity contribution is 7.15. The smallest absolute Gasteiger partial charge is 0.243 e. The number of β-amino-alcohol motifs (C(OH)–C–C–N with tert-alkyl or cyclic N) is 1. The van der Waals surface area contributed by atoms with Crippen LogP contribution in [0.15, 0.2) is 24.3 Å². The van der Waals surface area contributed by atoms with Crippen molar-refractivity contribution in [1.82, 2.24) is 10.3 Å². The topological polar surface area (TPSA) is 74.2 Å². The zero-order valence-corrected chi connectivity index (χ0v) is 14.1. The molecule has 0 radical (unpaired) electrons. The van der Waals surface area contributed by atoms with E-state index in [2.05, 4.69) is 46.8 Å². The number of nitrogens with zero attached hydrogens (tertiary/aromatic N) is 1. The Labute approximate surface area is 139 Å². The van der Waals surface area contributed by atoms with Crippen molar-refractivity contribution in [3.63, 3.8) is 0 Å². The Hall–Kier alpha value is -1.76. The molecule has 3 N–H and O–H groups in total. The normalized spacial score (nSPS) is 20.7.